The minimum absolute atomic E-state index is 0.0946. The van der Waals surface area contributed by atoms with E-state index in [-0.39, 0.29) is 16.8 Å². The molecule has 0 aliphatic carbocycles. The summed E-state index contributed by atoms with van der Waals surface area (Å²) >= 11 is 1.24. The highest BCUT2D eigenvalue weighted by Crippen LogP contribution is 2.46. The standard InChI is InChI=1S/C31H24FN3O4S2/c1-19-5-3-8-24(13-19)41(37,38)35-27-10-9-22(32)15-26(27)29(25-11-12-40-28(25)16-33)30(35)20-6-4-7-23(14-20)34-17-21(18-34)31(36)39-2/h3-15,21H,17-18H2,1-2H3. The number of nitrogens with zero attached hydrogens (tertiary/aromatic N) is 3. The minimum atomic E-state index is -4.18. The van der Waals surface area contributed by atoms with Crippen LogP contribution in [0.3, 0.4) is 0 Å². The summed E-state index contributed by atoms with van der Waals surface area (Å²) in [7, 11) is -2.81. The van der Waals surface area contributed by atoms with Crippen molar-refractivity contribution < 1.29 is 22.3 Å². The van der Waals surface area contributed by atoms with Gasteiger partial charge in [-0.15, -0.1) is 11.3 Å². The van der Waals surface area contributed by atoms with Crippen molar-refractivity contribution in [3.8, 4) is 28.5 Å². The number of aryl methyl sites for hydroxylation is 1. The van der Waals surface area contributed by atoms with Gasteiger partial charge in [0, 0.05) is 40.9 Å². The lowest BCUT2D eigenvalue weighted by atomic mass is 9.96. The first kappa shape index (κ1) is 26.7. The number of halogens is 1. The Morgan fingerprint density at radius 3 is 2.59 bits per heavy atom. The molecule has 1 aliphatic heterocycles. The molecule has 0 spiro atoms. The molecule has 6 rings (SSSR count). The first-order chi connectivity index (χ1) is 19.7. The Balaban J connectivity index is 1.65. The smallest absolute Gasteiger partial charge is 0.312 e. The molecule has 1 fully saturated rings. The van der Waals surface area contributed by atoms with Gasteiger partial charge in [-0.2, -0.15) is 5.26 Å². The zero-order valence-corrected chi connectivity index (χ0v) is 23.8. The fourth-order valence-electron chi connectivity index (χ4n) is 5.35. The van der Waals surface area contributed by atoms with Crippen molar-refractivity contribution in [3.05, 3.63) is 94.4 Å². The van der Waals surface area contributed by atoms with E-state index in [0.29, 0.717) is 51.3 Å². The van der Waals surface area contributed by atoms with Crippen molar-refractivity contribution in [2.45, 2.75) is 11.8 Å². The van der Waals surface area contributed by atoms with Gasteiger partial charge < -0.3 is 9.64 Å². The topological polar surface area (TPSA) is 92.4 Å². The van der Waals surface area contributed by atoms with Crippen LogP contribution in [-0.4, -0.2) is 38.6 Å². The highest BCUT2D eigenvalue weighted by molar-refractivity contribution is 7.90. The fraction of sp³-hybridized carbons (Fsp3) is 0.161. The molecule has 2 aromatic heterocycles. The highest BCUT2D eigenvalue weighted by Gasteiger charge is 2.35. The second-order valence-electron chi connectivity index (χ2n) is 9.92. The number of anilines is 1. The number of hydrogen-bond donors (Lipinski definition) is 0. The maximum absolute atomic E-state index is 14.7. The second kappa shape index (κ2) is 10.2. The van der Waals surface area contributed by atoms with E-state index in [1.54, 1.807) is 29.6 Å². The molecule has 7 nitrogen and oxygen atoms in total. The first-order valence-electron chi connectivity index (χ1n) is 12.8. The molecule has 3 aromatic carbocycles. The quantitative estimate of drug-likeness (QED) is 0.220. The van der Waals surface area contributed by atoms with Crippen LogP contribution in [0.15, 0.2) is 83.1 Å². The van der Waals surface area contributed by atoms with E-state index in [4.69, 9.17) is 4.74 Å². The molecule has 0 radical (unpaired) electrons. The molecule has 0 atom stereocenters. The maximum atomic E-state index is 14.7. The van der Waals surface area contributed by atoms with Crippen LogP contribution in [-0.2, 0) is 19.6 Å². The number of esters is 1. The molecule has 0 bridgehead atoms. The van der Waals surface area contributed by atoms with Crippen LogP contribution in [0, 0.1) is 30.0 Å². The van der Waals surface area contributed by atoms with Gasteiger partial charge in [-0.05, 0) is 66.4 Å². The van der Waals surface area contributed by atoms with Crippen LogP contribution in [0.2, 0.25) is 0 Å². The van der Waals surface area contributed by atoms with Crippen LogP contribution in [0.25, 0.3) is 33.3 Å². The van der Waals surface area contributed by atoms with Crippen LogP contribution >= 0.6 is 11.3 Å². The first-order valence-corrected chi connectivity index (χ1v) is 15.1. The number of rotatable bonds is 6. The maximum Gasteiger partial charge on any atom is 0.312 e. The molecular formula is C31H24FN3O4S2. The van der Waals surface area contributed by atoms with Crippen LogP contribution < -0.4 is 4.90 Å². The number of nitriles is 1. The van der Waals surface area contributed by atoms with Crippen molar-refractivity contribution in [1.82, 2.24) is 3.97 Å². The third-order valence-corrected chi connectivity index (χ3v) is 9.88. The summed E-state index contributed by atoms with van der Waals surface area (Å²) in [6.45, 7) is 2.76. The number of methoxy groups -OCH3 is 1. The second-order valence-corrected chi connectivity index (χ2v) is 12.6. The minimum Gasteiger partial charge on any atom is -0.469 e. The van der Waals surface area contributed by atoms with E-state index in [9.17, 15) is 22.9 Å². The normalized spacial score (nSPS) is 13.7. The number of hydrogen-bond acceptors (Lipinski definition) is 7. The van der Waals surface area contributed by atoms with Crippen molar-refractivity contribution >= 4 is 43.9 Å². The Bertz CT molecular complexity index is 1980. The van der Waals surface area contributed by atoms with E-state index in [2.05, 4.69) is 6.07 Å². The summed E-state index contributed by atoms with van der Waals surface area (Å²) in [6, 6.07) is 22.0. The molecule has 1 aliphatic rings. The van der Waals surface area contributed by atoms with E-state index in [0.717, 1.165) is 11.3 Å². The van der Waals surface area contributed by atoms with Crippen LogP contribution in [0.4, 0.5) is 10.1 Å². The summed E-state index contributed by atoms with van der Waals surface area (Å²) in [5, 5.41) is 12.0. The average molecular weight is 586 g/mol. The third-order valence-electron chi connectivity index (χ3n) is 7.35. The number of fused-ring (bicyclic) bond motifs is 1. The Labute approximate surface area is 240 Å². The molecule has 0 saturated carbocycles. The lowest BCUT2D eigenvalue weighted by Crippen LogP contribution is -2.50. The summed E-state index contributed by atoms with van der Waals surface area (Å²) in [5.41, 5.74) is 3.77. The molecule has 3 heterocycles. The Hall–Kier alpha value is -4.46. The van der Waals surface area contributed by atoms with E-state index >= 15 is 0 Å². The van der Waals surface area contributed by atoms with Gasteiger partial charge in [-0.3, -0.25) is 4.79 Å². The van der Waals surface area contributed by atoms with Gasteiger partial charge >= 0.3 is 5.97 Å². The third kappa shape index (κ3) is 4.47. The molecule has 1 saturated heterocycles. The van der Waals surface area contributed by atoms with Crippen molar-refractivity contribution in [3.63, 3.8) is 0 Å². The van der Waals surface area contributed by atoms with Gasteiger partial charge in [0.05, 0.1) is 29.1 Å². The lowest BCUT2D eigenvalue weighted by molar-refractivity contribution is -0.146. The van der Waals surface area contributed by atoms with Gasteiger partial charge in [0.15, 0.2) is 0 Å². The summed E-state index contributed by atoms with van der Waals surface area (Å²) < 4.78 is 49.7. The van der Waals surface area contributed by atoms with E-state index in [1.165, 1.54) is 46.7 Å². The van der Waals surface area contributed by atoms with Crippen molar-refractivity contribution in [2.75, 3.05) is 25.1 Å². The molecule has 0 N–H and O–H groups in total. The zero-order valence-electron chi connectivity index (χ0n) is 22.2. The highest BCUT2D eigenvalue weighted by atomic mass is 32.2. The SMILES string of the molecule is COC(=O)C1CN(c2cccc(-c3c(-c4ccsc4C#N)c4cc(F)ccc4n3S(=O)(=O)c3cccc(C)c3)c2)C1. The average Bonchev–Trinajstić information content (AvgIpc) is 3.54. The number of aromatic nitrogens is 1. The van der Waals surface area contributed by atoms with Gasteiger partial charge in [0.2, 0.25) is 0 Å². The number of thiophene rings is 1. The molecule has 0 unspecified atom stereocenters. The van der Waals surface area contributed by atoms with Gasteiger partial charge in [0.1, 0.15) is 16.8 Å². The number of carbonyl (C=O) groups is 1. The molecule has 0 amide bonds. The van der Waals surface area contributed by atoms with Gasteiger partial charge in [-0.1, -0.05) is 24.3 Å². The Morgan fingerprint density at radius 1 is 1.07 bits per heavy atom. The fourth-order valence-corrected chi connectivity index (χ4v) is 7.69. The van der Waals surface area contributed by atoms with Crippen molar-refractivity contribution in [1.29, 1.82) is 5.26 Å². The number of benzene rings is 3. The zero-order chi connectivity index (χ0) is 28.9. The van der Waals surface area contributed by atoms with E-state index in [1.807, 2.05) is 36.1 Å². The number of carbonyl (C=O) groups excluding carboxylic acids is 1. The van der Waals surface area contributed by atoms with Crippen molar-refractivity contribution in [2.24, 2.45) is 5.92 Å². The molecule has 10 heteroatoms. The van der Waals surface area contributed by atoms with Gasteiger partial charge in [0.25, 0.3) is 10.0 Å². The van der Waals surface area contributed by atoms with E-state index < -0.39 is 15.8 Å². The lowest BCUT2D eigenvalue weighted by Gasteiger charge is -2.39. The summed E-state index contributed by atoms with van der Waals surface area (Å²) in [4.78, 5) is 14.5. The molecule has 5 aromatic rings. The summed E-state index contributed by atoms with van der Waals surface area (Å²) in [6.07, 6.45) is 0. The summed E-state index contributed by atoms with van der Waals surface area (Å²) in [5.74, 6) is -1.03. The monoisotopic (exact) mass is 585 g/mol. The largest absolute Gasteiger partial charge is 0.469 e. The predicted molar refractivity (Wildman–Crippen MR) is 157 cm³/mol. The Morgan fingerprint density at radius 2 is 1.85 bits per heavy atom. The molecule has 206 valence electrons. The molecular weight excluding hydrogens is 561 g/mol. The predicted octanol–water partition coefficient (Wildman–Crippen LogP) is 6.20. The number of ether oxygens (including phenoxy) is 1. The van der Waals surface area contributed by atoms with Crippen LogP contribution in [0.1, 0.15) is 10.4 Å². The Kier molecular flexibility index (Phi) is 6.64. The van der Waals surface area contributed by atoms with Gasteiger partial charge in [-0.25, -0.2) is 16.8 Å². The van der Waals surface area contributed by atoms with Crippen LogP contribution in [0.5, 0.6) is 0 Å². The molecule has 41 heavy (non-hydrogen) atoms.